The molecule has 152 valence electrons. The monoisotopic (exact) mass is 392 g/mol. The van der Waals surface area contributed by atoms with E-state index >= 15 is 0 Å². The maximum Gasteiger partial charge on any atom is 0.323 e. The minimum atomic E-state index is -1.41. The summed E-state index contributed by atoms with van der Waals surface area (Å²) in [7, 11) is 4.95. The number of carbonyl (C=O) groups excluding carboxylic acids is 4. The number of allylic oxidation sites excluding steroid dienone is 4. The van der Waals surface area contributed by atoms with Crippen LogP contribution in [0.1, 0.15) is 25.7 Å². The molecule has 0 saturated heterocycles. The first kappa shape index (κ1) is 20.1. The Balaban J connectivity index is 1.97. The summed E-state index contributed by atoms with van der Waals surface area (Å²) in [5.41, 5.74) is -0.999. The summed E-state index contributed by atoms with van der Waals surface area (Å²) in [6, 6.07) is 0. The standard InChI is InChI=1S/C20H24O8/c1-25-15(21)19(16(22)26-2)7-11-5-6-12-8-20(17(23)27-3,18(24)28-4)10-14(12)13(11)9-19/h5-6,13-14H,7-10H2,1-4H3/t13-,14-/m0/s1. The molecule has 3 rings (SSSR count). The molecule has 0 amide bonds. The molecule has 0 aromatic carbocycles. The average molecular weight is 392 g/mol. The van der Waals surface area contributed by atoms with Crippen LogP contribution in [-0.2, 0) is 38.1 Å². The molecule has 2 fully saturated rings. The minimum absolute atomic E-state index is 0.172. The molecule has 0 heterocycles. The first-order valence-electron chi connectivity index (χ1n) is 9.03. The molecule has 0 spiro atoms. The van der Waals surface area contributed by atoms with Crippen molar-refractivity contribution in [1.29, 1.82) is 0 Å². The van der Waals surface area contributed by atoms with E-state index in [1.54, 1.807) is 0 Å². The van der Waals surface area contributed by atoms with Crippen LogP contribution in [0.2, 0.25) is 0 Å². The fraction of sp³-hybridized carbons (Fsp3) is 0.600. The van der Waals surface area contributed by atoms with Gasteiger partial charge in [-0.05, 0) is 37.5 Å². The summed E-state index contributed by atoms with van der Waals surface area (Å²) in [5, 5.41) is 0. The molecule has 28 heavy (non-hydrogen) atoms. The number of esters is 4. The molecule has 0 aliphatic heterocycles. The van der Waals surface area contributed by atoms with Crippen LogP contribution in [0.15, 0.2) is 23.3 Å². The van der Waals surface area contributed by atoms with Crippen molar-refractivity contribution in [3.8, 4) is 0 Å². The lowest BCUT2D eigenvalue weighted by molar-refractivity contribution is -0.171. The van der Waals surface area contributed by atoms with Crippen molar-refractivity contribution >= 4 is 23.9 Å². The van der Waals surface area contributed by atoms with E-state index in [1.807, 2.05) is 12.2 Å². The van der Waals surface area contributed by atoms with Crippen molar-refractivity contribution in [3.63, 3.8) is 0 Å². The summed E-state index contributed by atoms with van der Waals surface area (Å²) in [5.74, 6) is -2.89. The number of hydrogen-bond donors (Lipinski definition) is 0. The highest BCUT2D eigenvalue weighted by molar-refractivity contribution is 6.02. The van der Waals surface area contributed by atoms with Gasteiger partial charge in [0.15, 0.2) is 10.8 Å². The Bertz CT molecular complexity index is 692. The Hall–Kier alpha value is -2.64. The van der Waals surface area contributed by atoms with Gasteiger partial charge in [-0.1, -0.05) is 23.3 Å². The molecular formula is C20H24O8. The van der Waals surface area contributed by atoms with E-state index in [0.717, 1.165) is 11.1 Å². The van der Waals surface area contributed by atoms with Crippen molar-refractivity contribution in [1.82, 2.24) is 0 Å². The van der Waals surface area contributed by atoms with Crippen LogP contribution in [-0.4, -0.2) is 52.3 Å². The first-order chi connectivity index (χ1) is 13.3. The van der Waals surface area contributed by atoms with Gasteiger partial charge in [0.2, 0.25) is 0 Å². The van der Waals surface area contributed by atoms with Crippen LogP contribution >= 0.6 is 0 Å². The van der Waals surface area contributed by atoms with Gasteiger partial charge in [0, 0.05) is 0 Å². The van der Waals surface area contributed by atoms with Crippen LogP contribution in [0.4, 0.5) is 0 Å². The van der Waals surface area contributed by atoms with Gasteiger partial charge in [0.25, 0.3) is 0 Å². The maximum atomic E-state index is 12.5. The number of ether oxygens (including phenoxy) is 4. The second kappa shape index (κ2) is 7.07. The fourth-order valence-corrected chi connectivity index (χ4v) is 5.07. The third kappa shape index (κ3) is 2.65. The zero-order chi connectivity index (χ0) is 20.7. The molecule has 0 unspecified atom stereocenters. The van der Waals surface area contributed by atoms with Gasteiger partial charge in [-0.15, -0.1) is 0 Å². The van der Waals surface area contributed by atoms with Gasteiger partial charge >= 0.3 is 23.9 Å². The van der Waals surface area contributed by atoms with Gasteiger partial charge in [-0.3, -0.25) is 19.2 Å². The van der Waals surface area contributed by atoms with Crippen LogP contribution in [0.5, 0.6) is 0 Å². The van der Waals surface area contributed by atoms with Crippen molar-refractivity contribution in [3.05, 3.63) is 23.3 Å². The van der Waals surface area contributed by atoms with E-state index < -0.39 is 34.7 Å². The zero-order valence-electron chi connectivity index (χ0n) is 16.4. The number of carbonyl (C=O) groups is 4. The van der Waals surface area contributed by atoms with Crippen molar-refractivity contribution < 1.29 is 38.1 Å². The van der Waals surface area contributed by atoms with Gasteiger partial charge in [0.1, 0.15) is 0 Å². The van der Waals surface area contributed by atoms with Crippen LogP contribution < -0.4 is 0 Å². The quantitative estimate of drug-likeness (QED) is 0.401. The molecule has 8 nitrogen and oxygen atoms in total. The molecule has 0 radical (unpaired) electrons. The topological polar surface area (TPSA) is 105 Å². The second-order valence-corrected chi connectivity index (χ2v) is 7.59. The van der Waals surface area contributed by atoms with Gasteiger partial charge in [-0.2, -0.15) is 0 Å². The largest absolute Gasteiger partial charge is 0.468 e. The molecule has 0 aromatic heterocycles. The Morgan fingerprint density at radius 1 is 0.679 bits per heavy atom. The lowest BCUT2D eigenvalue weighted by atomic mass is 9.77. The molecule has 0 bridgehead atoms. The van der Waals surface area contributed by atoms with Gasteiger partial charge < -0.3 is 18.9 Å². The third-order valence-electron chi connectivity index (χ3n) is 6.40. The molecule has 0 N–H and O–H groups in total. The van der Waals surface area contributed by atoms with E-state index in [1.165, 1.54) is 28.4 Å². The molecule has 2 saturated carbocycles. The van der Waals surface area contributed by atoms with Gasteiger partial charge in [0.05, 0.1) is 28.4 Å². The smallest absolute Gasteiger partial charge is 0.323 e. The molecule has 2 atom stereocenters. The Morgan fingerprint density at radius 3 is 1.21 bits per heavy atom. The van der Waals surface area contributed by atoms with Crippen molar-refractivity contribution in [2.24, 2.45) is 22.7 Å². The second-order valence-electron chi connectivity index (χ2n) is 7.59. The summed E-state index contributed by atoms with van der Waals surface area (Å²) in [6.07, 6.45) is 4.54. The highest BCUT2D eigenvalue weighted by Gasteiger charge is 2.62. The van der Waals surface area contributed by atoms with E-state index in [9.17, 15) is 19.2 Å². The molecule has 8 heteroatoms. The van der Waals surface area contributed by atoms with Crippen LogP contribution in [0, 0.1) is 22.7 Å². The number of fused-ring (bicyclic) bond motifs is 3. The van der Waals surface area contributed by atoms with E-state index in [2.05, 4.69) is 0 Å². The van der Waals surface area contributed by atoms with Crippen molar-refractivity contribution in [2.45, 2.75) is 25.7 Å². The maximum absolute atomic E-state index is 12.5. The van der Waals surface area contributed by atoms with Crippen molar-refractivity contribution in [2.75, 3.05) is 28.4 Å². The van der Waals surface area contributed by atoms with Crippen LogP contribution in [0.25, 0.3) is 0 Å². The normalized spacial score (nSPS) is 26.1. The lowest BCUT2D eigenvalue weighted by Crippen LogP contribution is -2.40. The van der Waals surface area contributed by atoms with Crippen LogP contribution in [0.3, 0.4) is 0 Å². The molecular weight excluding hydrogens is 368 g/mol. The SMILES string of the molecule is COC(=O)C1(C(=O)OC)CC2=CC=C3CC(C(=O)OC)(C(=O)OC)C[C@@H]3[C@H]2C1. The number of methoxy groups -OCH3 is 4. The predicted molar refractivity (Wildman–Crippen MR) is 94.5 cm³/mol. The average Bonchev–Trinajstić information content (AvgIpc) is 3.31. The summed E-state index contributed by atoms with van der Waals surface area (Å²) < 4.78 is 19.6. The Kier molecular flexibility index (Phi) is 5.08. The van der Waals surface area contributed by atoms with Gasteiger partial charge in [-0.25, -0.2) is 0 Å². The van der Waals surface area contributed by atoms with E-state index in [0.29, 0.717) is 0 Å². The fourth-order valence-electron chi connectivity index (χ4n) is 5.07. The number of hydrogen-bond acceptors (Lipinski definition) is 8. The predicted octanol–water partition coefficient (Wildman–Crippen LogP) is 1.34. The van der Waals surface area contributed by atoms with E-state index in [-0.39, 0.29) is 37.5 Å². The number of rotatable bonds is 4. The highest BCUT2D eigenvalue weighted by Crippen LogP contribution is 2.59. The third-order valence-corrected chi connectivity index (χ3v) is 6.40. The molecule has 3 aliphatic carbocycles. The minimum Gasteiger partial charge on any atom is -0.468 e. The molecule has 3 aliphatic rings. The first-order valence-corrected chi connectivity index (χ1v) is 9.03. The summed E-state index contributed by atoms with van der Waals surface area (Å²) in [6.45, 7) is 0. The Morgan fingerprint density at radius 2 is 0.964 bits per heavy atom. The summed E-state index contributed by atoms with van der Waals surface area (Å²) >= 11 is 0. The molecule has 0 aromatic rings. The summed E-state index contributed by atoms with van der Waals surface area (Å²) in [4.78, 5) is 50.0. The lowest BCUT2D eigenvalue weighted by Gasteiger charge is -2.27. The van der Waals surface area contributed by atoms with E-state index in [4.69, 9.17) is 18.9 Å². The highest BCUT2D eigenvalue weighted by atomic mass is 16.6. The zero-order valence-corrected chi connectivity index (χ0v) is 16.4. The Labute approximate surface area is 162 Å².